The molecule has 2 aromatic carbocycles. The van der Waals surface area contributed by atoms with E-state index in [0.717, 1.165) is 24.7 Å². The fourth-order valence-electron chi connectivity index (χ4n) is 4.54. The van der Waals surface area contributed by atoms with Crippen molar-refractivity contribution in [3.05, 3.63) is 65.2 Å². The van der Waals surface area contributed by atoms with Crippen LogP contribution >= 0.6 is 0 Å². The Morgan fingerprint density at radius 2 is 1.78 bits per heavy atom. The van der Waals surface area contributed by atoms with Crippen LogP contribution in [0.15, 0.2) is 53.5 Å². The monoisotopic (exact) mass is 433 g/mol. The smallest absolute Gasteiger partial charge is 0.225 e. The van der Waals surface area contributed by atoms with E-state index in [9.17, 15) is 4.79 Å². The average molecular weight is 434 g/mol. The van der Waals surface area contributed by atoms with Crippen LogP contribution in [0.1, 0.15) is 55.2 Å². The number of hydrogen-bond acceptors (Lipinski definition) is 3. The number of anilines is 1. The molecule has 0 spiro atoms. The van der Waals surface area contributed by atoms with E-state index >= 15 is 0 Å². The Labute approximate surface area is 191 Å². The topological polar surface area (TPSA) is 68.8 Å². The number of nitrogens with one attached hydrogen (secondary N) is 3. The summed E-state index contributed by atoms with van der Waals surface area (Å²) in [6.45, 7) is 7.64. The lowest BCUT2D eigenvalue weighted by Crippen LogP contribution is -2.40. The van der Waals surface area contributed by atoms with Gasteiger partial charge in [-0.25, -0.2) is 4.99 Å². The summed E-state index contributed by atoms with van der Waals surface area (Å²) in [6.07, 6.45) is 4.51. The lowest BCUT2D eigenvalue weighted by Gasteiger charge is -2.26. The third kappa shape index (κ3) is 6.10. The summed E-state index contributed by atoms with van der Waals surface area (Å²) in [5, 5.41) is 9.73. The van der Waals surface area contributed by atoms with Crippen LogP contribution in [-0.4, -0.2) is 42.9 Å². The van der Waals surface area contributed by atoms with Gasteiger partial charge in [-0.2, -0.15) is 0 Å². The van der Waals surface area contributed by atoms with Crippen LogP contribution in [0.3, 0.4) is 0 Å². The molecule has 1 atom stereocenters. The molecule has 4 rings (SSSR count). The van der Waals surface area contributed by atoms with Crippen LogP contribution in [-0.2, 0) is 17.9 Å². The Morgan fingerprint density at radius 1 is 1.03 bits per heavy atom. The van der Waals surface area contributed by atoms with Gasteiger partial charge in [0, 0.05) is 37.7 Å². The highest BCUT2D eigenvalue weighted by atomic mass is 16.1. The molecule has 1 unspecified atom stereocenters. The number of hydrogen-bond donors (Lipinski definition) is 3. The SMILES string of the molecule is CCNC(=NCc1ccc(CN2CCCCC2)cc1)NCC1CC(=O)Nc2ccccc21. The van der Waals surface area contributed by atoms with E-state index in [4.69, 9.17) is 4.99 Å². The number of rotatable bonds is 7. The molecular formula is C26H35N5O. The van der Waals surface area contributed by atoms with Gasteiger partial charge >= 0.3 is 0 Å². The van der Waals surface area contributed by atoms with E-state index in [0.29, 0.717) is 19.5 Å². The number of likely N-dealkylation sites (tertiary alicyclic amines) is 1. The minimum absolute atomic E-state index is 0.0714. The maximum Gasteiger partial charge on any atom is 0.225 e. The second kappa shape index (κ2) is 11.1. The van der Waals surface area contributed by atoms with Crippen molar-refractivity contribution in [2.45, 2.75) is 51.6 Å². The molecule has 3 N–H and O–H groups in total. The minimum Gasteiger partial charge on any atom is -0.357 e. The number of aliphatic imine (C=N–C) groups is 1. The van der Waals surface area contributed by atoms with Crippen molar-refractivity contribution in [1.29, 1.82) is 0 Å². The lowest BCUT2D eigenvalue weighted by atomic mass is 9.90. The lowest BCUT2D eigenvalue weighted by molar-refractivity contribution is -0.116. The maximum absolute atomic E-state index is 12.1. The first-order valence-electron chi connectivity index (χ1n) is 11.9. The number of carbonyl (C=O) groups is 1. The summed E-state index contributed by atoms with van der Waals surface area (Å²) in [7, 11) is 0. The molecule has 2 heterocycles. The summed E-state index contributed by atoms with van der Waals surface area (Å²) < 4.78 is 0. The molecule has 1 fully saturated rings. The number of fused-ring (bicyclic) bond motifs is 1. The van der Waals surface area contributed by atoms with Gasteiger partial charge in [-0.15, -0.1) is 0 Å². The number of amides is 1. The van der Waals surface area contributed by atoms with Gasteiger partial charge < -0.3 is 16.0 Å². The predicted molar refractivity (Wildman–Crippen MR) is 131 cm³/mol. The third-order valence-electron chi connectivity index (χ3n) is 6.26. The van der Waals surface area contributed by atoms with E-state index in [1.807, 2.05) is 18.2 Å². The molecule has 0 radical (unpaired) electrons. The largest absolute Gasteiger partial charge is 0.357 e. The predicted octanol–water partition coefficient (Wildman–Crippen LogP) is 3.85. The normalized spacial score (nSPS) is 19.2. The molecule has 0 saturated carbocycles. The second-order valence-corrected chi connectivity index (χ2v) is 8.77. The number of para-hydroxylation sites is 1. The molecule has 6 nitrogen and oxygen atoms in total. The van der Waals surface area contributed by atoms with Gasteiger partial charge in [-0.05, 0) is 55.6 Å². The van der Waals surface area contributed by atoms with E-state index < -0.39 is 0 Å². The standard InChI is InChI=1S/C26H35N5O/c1-2-27-26(29-18-22-16-25(32)30-24-9-5-4-8-23(22)24)28-17-20-10-12-21(13-11-20)19-31-14-6-3-7-15-31/h4-5,8-13,22H,2-3,6-7,14-19H2,1H3,(H,30,32)(H2,27,28,29). The molecule has 1 saturated heterocycles. The number of nitrogens with zero attached hydrogens (tertiary/aromatic N) is 2. The molecule has 170 valence electrons. The van der Waals surface area contributed by atoms with Gasteiger partial charge in [0.05, 0.1) is 6.54 Å². The fourth-order valence-corrected chi connectivity index (χ4v) is 4.54. The highest BCUT2D eigenvalue weighted by molar-refractivity contribution is 5.94. The summed E-state index contributed by atoms with van der Waals surface area (Å²) in [5.41, 5.74) is 4.67. The molecule has 2 aliphatic rings. The molecule has 2 aromatic rings. The van der Waals surface area contributed by atoms with E-state index in [1.54, 1.807) is 0 Å². The first kappa shape index (κ1) is 22.3. The van der Waals surface area contributed by atoms with Crippen LogP contribution < -0.4 is 16.0 Å². The van der Waals surface area contributed by atoms with Crippen molar-refractivity contribution in [2.75, 3.05) is 31.5 Å². The minimum atomic E-state index is 0.0714. The van der Waals surface area contributed by atoms with Crippen LogP contribution in [0.4, 0.5) is 5.69 Å². The molecule has 2 aliphatic heterocycles. The third-order valence-corrected chi connectivity index (χ3v) is 6.26. The van der Waals surface area contributed by atoms with Gasteiger partial charge in [-0.1, -0.05) is 48.9 Å². The quantitative estimate of drug-likeness (QED) is 0.458. The van der Waals surface area contributed by atoms with Gasteiger partial charge in [-0.3, -0.25) is 9.69 Å². The van der Waals surface area contributed by atoms with Crippen LogP contribution in [0.25, 0.3) is 0 Å². The summed E-state index contributed by atoms with van der Waals surface area (Å²) in [6, 6.07) is 16.9. The van der Waals surface area contributed by atoms with E-state index in [2.05, 4.69) is 58.1 Å². The Balaban J connectivity index is 1.33. The first-order valence-corrected chi connectivity index (χ1v) is 11.9. The molecule has 0 aliphatic carbocycles. The number of guanidine groups is 1. The molecule has 32 heavy (non-hydrogen) atoms. The van der Waals surface area contributed by atoms with Crippen molar-refractivity contribution in [3.8, 4) is 0 Å². The Hall–Kier alpha value is -2.86. The van der Waals surface area contributed by atoms with Gasteiger partial charge in [0.15, 0.2) is 5.96 Å². The number of carbonyl (C=O) groups excluding carboxylic acids is 1. The first-order chi connectivity index (χ1) is 15.7. The van der Waals surface area contributed by atoms with Crippen LogP contribution in [0.5, 0.6) is 0 Å². The van der Waals surface area contributed by atoms with Crippen molar-refractivity contribution in [1.82, 2.24) is 15.5 Å². The maximum atomic E-state index is 12.1. The summed E-state index contributed by atoms with van der Waals surface area (Å²) in [5.74, 6) is 0.994. The van der Waals surface area contributed by atoms with Crippen LogP contribution in [0, 0.1) is 0 Å². The molecular weight excluding hydrogens is 398 g/mol. The van der Waals surface area contributed by atoms with Crippen molar-refractivity contribution in [3.63, 3.8) is 0 Å². The van der Waals surface area contributed by atoms with E-state index in [1.165, 1.54) is 49.0 Å². The van der Waals surface area contributed by atoms with Gasteiger partial charge in [0.25, 0.3) is 0 Å². The Bertz CT molecular complexity index is 918. The zero-order valence-electron chi connectivity index (χ0n) is 19.1. The van der Waals surface area contributed by atoms with Crippen molar-refractivity contribution >= 4 is 17.6 Å². The highest BCUT2D eigenvalue weighted by Crippen LogP contribution is 2.31. The van der Waals surface area contributed by atoms with Gasteiger partial charge in [0.2, 0.25) is 5.91 Å². The Kier molecular flexibility index (Phi) is 7.77. The average Bonchev–Trinajstić information content (AvgIpc) is 2.82. The summed E-state index contributed by atoms with van der Waals surface area (Å²) >= 11 is 0. The molecule has 6 heteroatoms. The second-order valence-electron chi connectivity index (χ2n) is 8.77. The van der Waals surface area contributed by atoms with E-state index in [-0.39, 0.29) is 11.8 Å². The number of piperidine rings is 1. The fraction of sp³-hybridized carbons (Fsp3) is 0.462. The van der Waals surface area contributed by atoms with Crippen molar-refractivity contribution in [2.24, 2.45) is 4.99 Å². The molecule has 1 amide bonds. The highest BCUT2D eigenvalue weighted by Gasteiger charge is 2.24. The number of benzene rings is 2. The summed E-state index contributed by atoms with van der Waals surface area (Å²) in [4.78, 5) is 19.4. The zero-order valence-corrected chi connectivity index (χ0v) is 19.1. The molecule has 0 bridgehead atoms. The molecule has 0 aromatic heterocycles. The Morgan fingerprint density at radius 3 is 2.56 bits per heavy atom. The zero-order chi connectivity index (χ0) is 22.2. The van der Waals surface area contributed by atoms with Gasteiger partial charge in [0.1, 0.15) is 0 Å². The van der Waals surface area contributed by atoms with Crippen molar-refractivity contribution < 1.29 is 4.79 Å². The van der Waals surface area contributed by atoms with Crippen LogP contribution in [0.2, 0.25) is 0 Å².